The lowest BCUT2D eigenvalue weighted by molar-refractivity contribution is -0.144. The number of sulfone groups is 1. The molecule has 0 N–H and O–H groups in total. The van der Waals surface area contributed by atoms with Crippen LogP contribution in [0.4, 0.5) is 0 Å². The molecule has 17 heteroatoms. The normalized spacial score (nSPS) is 13.5. The van der Waals surface area contributed by atoms with E-state index in [9.17, 15) is 27.6 Å². The van der Waals surface area contributed by atoms with Crippen molar-refractivity contribution < 1.29 is 46.5 Å². The van der Waals surface area contributed by atoms with Gasteiger partial charge >= 0.3 is 23.9 Å². The van der Waals surface area contributed by atoms with Gasteiger partial charge in [-0.1, -0.05) is 160 Å². The number of hydrogen-bond acceptors (Lipinski definition) is 12. The molecule has 113 heavy (non-hydrogen) atoms. The van der Waals surface area contributed by atoms with Crippen LogP contribution in [-0.2, 0) is 72.6 Å². The van der Waals surface area contributed by atoms with Crippen LogP contribution in [0.1, 0.15) is 109 Å². The van der Waals surface area contributed by atoms with E-state index in [2.05, 4.69) is 182 Å². The number of fused-ring (bicyclic) bond motifs is 6. The molecule has 0 bridgehead atoms. The molecule has 0 spiro atoms. The molecule has 3 aliphatic rings. The van der Waals surface area contributed by atoms with Crippen LogP contribution >= 0.6 is 23.5 Å². The van der Waals surface area contributed by atoms with Gasteiger partial charge in [-0.15, -0.1) is 0 Å². The fraction of sp³-hybridized carbons (Fsp3) is 0.208. The summed E-state index contributed by atoms with van der Waals surface area (Å²) in [7, 11) is -4.62. The highest BCUT2D eigenvalue weighted by molar-refractivity contribution is 8.04. The van der Waals surface area contributed by atoms with E-state index < -0.39 is 42.4 Å². The molecule has 0 saturated heterocycles. The Morgan fingerprint density at radius 1 is 0.283 bits per heavy atom. The zero-order chi connectivity index (χ0) is 80.2. The maximum atomic E-state index is 13.1. The summed E-state index contributed by atoms with van der Waals surface area (Å²) in [5, 5.41) is 0. The van der Waals surface area contributed by atoms with Crippen LogP contribution in [0.15, 0.2) is 391 Å². The minimum atomic E-state index is -3.55. The second-order valence-electron chi connectivity index (χ2n) is 29.6. The summed E-state index contributed by atoms with van der Waals surface area (Å²) in [6, 6.07) is 101. The van der Waals surface area contributed by atoms with Crippen molar-refractivity contribution in [3.8, 4) is 23.0 Å². The van der Waals surface area contributed by atoms with Gasteiger partial charge in [-0.05, 0) is 275 Å². The van der Waals surface area contributed by atoms with Gasteiger partial charge in [0.1, 0.15) is 65.5 Å². The molecule has 0 aliphatic carbocycles. The van der Waals surface area contributed by atoms with Crippen LogP contribution < -0.4 is 18.9 Å². The van der Waals surface area contributed by atoms with Gasteiger partial charge in [0, 0.05) is 0 Å². The van der Waals surface area contributed by atoms with Gasteiger partial charge in [0.15, 0.2) is 58.7 Å². The number of esters is 4. The molecule has 0 saturated carbocycles. The Balaban J connectivity index is 0.000000140. The Morgan fingerprint density at radius 2 is 0.496 bits per heavy atom. The highest BCUT2D eigenvalue weighted by Gasteiger charge is 2.46. The molecule has 12 aromatic carbocycles. The summed E-state index contributed by atoms with van der Waals surface area (Å²) in [5.41, 5.74) is -1.97. The van der Waals surface area contributed by atoms with Crippen LogP contribution in [0.2, 0.25) is 0 Å². The van der Waals surface area contributed by atoms with E-state index in [-0.39, 0.29) is 56.6 Å². The van der Waals surface area contributed by atoms with Crippen LogP contribution in [0.25, 0.3) is 0 Å². The molecule has 15 rings (SSSR count). The van der Waals surface area contributed by atoms with Gasteiger partial charge in [0.05, 0.1) is 52.1 Å². The van der Waals surface area contributed by atoms with Gasteiger partial charge in [0.25, 0.3) is 0 Å². The smallest absolute Gasteiger partial charge is 0.316 e. The minimum absolute atomic E-state index is 0.159. The predicted octanol–water partition coefficient (Wildman–Crippen LogP) is 24.6. The Bertz CT molecular complexity index is 5110. The third-order valence-electron chi connectivity index (χ3n) is 20.2. The van der Waals surface area contributed by atoms with Crippen molar-refractivity contribution >= 4 is 101 Å². The van der Waals surface area contributed by atoms with E-state index in [1.54, 1.807) is 36.4 Å². The third-order valence-corrected chi connectivity index (χ3v) is 34.4. The Kier molecular flexibility index (Phi) is 26.7. The highest BCUT2D eigenvalue weighted by atomic mass is 32.2. The Hall–Kier alpha value is -9.43. The number of carbonyl (C=O) groups is 4. The Morgan fingerprint density at radius 3 is 0.761 bits per heavy atom. The minimum Gasteiger partial charge on any atom is -0.426 e. The van der Waals surface area contributed by atoms with E-state index in [4.69, 9.17) is 18.9 Å². The van der Waals surface area contributed by atoms with Crippen molar-refractivity contribution in [2.75, 3.05) is 0 Å². The quantitative estimate of drug-likeness (QED) is 0.0459. The predicted molar refractivity (Wildman–Crippen MR) is 458 cm³/mol. The number of rotatable bonds is 18. The fourth-order valence-electron chi connectivity index (χ4n) is 11.6. The van der Waals surface area contributed by atoms with Gasteiger partial charge in [-0.3, -0.25) is 19.2 Å². The topological polar surface area (TPSA) is 139 Å². The second-order valence-corrected chi connectivity index (χ2v) is 41.6. The van der Waals surface area contributed by atoms with Crippen molar-refractivity contribution in [1.82, 2.24) is 0 Å². The molecule has 0 radical (unpaired) electrons. The van der Waals surface area contributed by atoms with Crippen LogP contribution in [0.3, 0.4) is 0 Å². The average molecular weight is 1630 g/mol. The van der Waals surface area contributed by atoms with E-state index >= 15 is 0 Å². The molecule has 0 atom stereocenters. The maximum Gasteiger partial charge on any atom is 0.316 e. The van der Waals surface area contributed by atoms with Gasteiger partial charge in [0.2, 0.25) is 9.84 Å². The molecule has 0 unspecified atom stereocenters. The van der Waals surface area contributed by atoms with E-state index in [1.165, 1.54) is 63.6 Å². The summed E-state index contributed by atoms with van der Waals surface area (Å²) in [6.07, 6.45) is 2.93. The van der Waals surface area contributed by atoms with Crippen molar-refractivity contribution in [3.63, 3.8) is 0 Å². The molecule has 0 fully saturated rings. The number of carbonyl (C=O) groups excluding carboxylic acids is 4. The number of benzene rings is 12. The lowest BCUT2D eigenvalue weighted by Crippen LogP contribution is -2.28. The summed E-state index contributed by atoms with van der Waals surface area (Å²) in [5.74, 6) is 1.46. The first-order valence-electron chi connectivity index (χ1n) is 37.8. The maximum absolute atomic E-state index is 13.1. The first-order valence-corrected chi connectivity index (χ1v) is 45.8. The molecule has 10 nitrogen and oxygen atoms in total. The van der Waals surface area contributed by atoms with E-state index in [0.717, 1.165) is 33.9 Å². The molecule has 12 aromatic rings. The molecule has 0 amide bonds. The average Bonchev–Trinajstić information content (AvgIpc) is 0.727. The SMILES string of the molecule is CCC(C)(C)C(=O)Oc1ccc([S+](c2ccccc2)c2ccccc2)cc1.CCC(C)(C)C(=O)Oc1ccc([S+]2c3ccccc3S(=O)(=O)c3ccccc32)cc1.CCC(C)(C)C(=O)Oc1ccc([S+]2c3ccccc3Sc3ccccc32)cc1.CCC(C)(C)C(=O)Oc1ccc([S+]2c3ccccc3Sc3ccccc32)cc1. The summed E-state index contributed by atoms with van der Waals surface area (Å²) < 4.78 is 48.6. The monoisotopic (exact) mass is 1630 g/mol. The van der Waals surface area contributed by atoms with Gasteiger partial charge in [-0.2, -0.15) is 0 Å². The standard InChI is InChI=1S/C24H23O4S2.2C24H23O2S2.C24H25O2S/c1-4-24(2,3)23(25)28-17-13-15-18(16-14-17)29-19-9-5-7-11-21(19)30(26,27)22-12-8-6-10-20(22)29;2*1-4-24(2,3)23(25)26-17-13-15-18(16-14-17)28-21-11-7-5-9-19(21)27-20-10-6-8-12-22(20)28;1-4-24(2,3)23(25)26-19-15-17-22(18-16-19)27(20-11-7-5-8-12-20)21-13-9-6-10-14-21/h5-16H,4H2,1-3H3;2*5-16H,4H2,1-3H3;5-18H,4H2,1-3H3/q4*+1. The van der Waals surface area contributed by atoms with Crippen LogP contribution in [0.5, 0.6) is 23.0 Å². The van der Waals surface area contributed by atoms with Gasteiger partial charge < -0.3 is 18.9 Å². The van der Waals surface area contributed by atoms with Crippen LogP contribution in [-0.4, -0.2) is 32.3 Å². The Labute approximate surface area is 686 Å². The first kappa shape index (κ1) is 83.0. The lowest BCUT2D eigenvalue weighted by Gasteiger charge is -2.21. The first-order chi connectivity index (χ1) is 54.2. The highest BCUT2D eigenvalue weighted by Crippen LogP contribution is 2.51. The second kappa shape index (κ2) is 36.4. The zero-order valence-electron chi connectivity index (χ0n) is 65.6. The fourth-order valence-corrected chi connectivity index (χ4v) is 25.9. The van der Waals surface area contributed by atoms with Crippen molar-refractivity contribution in [2.24, 2.45) is 21.7 Å². The molecule has 3 aliphatic heterocycles. The zero-order valence-corrected chi connectivity index (χ0v) is 71.4. The van der Waals surface area contributed by atoms with Crippen molar-refractivity contribution in [3.05, 3.63) is 303 Å². The number of ether oxygens (including phenoxy) is 4. The third kappa shape index (κ3) is 19.2. The van der Waals surface area contributed by atoms with Crippen molar-refractivity contribution in [2.45, 2.75) is 197 Å². The largest absolute Gasteiger partial charge is 0.426 e. The van der Waals surface area contributed by atoms with Crippen molar-refractivity contribution in [1.29, 1.82) is 0 Å². The summed E-state index contributed by atoms with van der Waals surface area (Å²) >= 11 is 3.67. The lowest BCUT2D eigenvalue weighted by atomic mass is 9.91. The van der Waals surface area contributed by atoms with E-state index in [0.29, 0.717) is 39.2 Å². The molecule has 0 aromatic heterocycles. The molecular weight excluding hydrogens is 1540 g/mol. The molecule has 576 valence electrons. The summed E-state index contributed by atoms with van der Waals surface area (Å²) in [6.45, 7) is 23.2. The summed E-state index contributed by atoms with van der Waals surface area (Å²) in [4.78, 5) is 69.5. The molecular formula is C96H94O10S7+4. The molecule has 3 heterocycles. The number of hydrogen-bond donors (Lipinski definition) is 0. The van der Waals surface area contributed by atoms with E-state index in [1.807, 2.05) is 192 Å². The van der Waals surface area contributed by atoms with Crippen LogP contribution in [0, 0.1) is 21.7 Å². The van der Waals surface area contributed by atoms with Gasteiger partial charge in [-0.25, -0.2) is 8.42 Å².